The van der Waals surface area contributed by atoms with Crippen molar-refractivity contribution in [1.82, 2.24) is 14.9 Å². The first-order chi connectivity index (χ1) is 13.2. The number of carbonyl (C=O) groups excluding carboxylic acids is 1. The smallest absolute Gasteiger partial charge is 0.230 e. The highest BCUT2D eigenvalue weighted by atomic mass is 35.5. The van der Waals surface area contributed by atoms with Crippen LogP contribution in [-0.2, 0) is 10.2 Å². The molecule has 138 valence electrons. The number of carbonyl (C=O) groups is 1. The lowest BCUT2D eigenvalue weighted by atomic mass is 9.96. The second kappa shape index (κ2) is 7.79. The van der Waals surface area contributed by atoms with Gasteiger partial charge in [-0.05, 0) is 36.6 Å². The Kier molecular flexibility index (Phi) is 5.23. The van der Waals surface area contributed by atoms with E-state index < -0.39 is 0 Å². The normalized spacial score (nSPS) is 14.7. The first kappa shape index (κ1) is 18.1. The maximum atomic E-state index is 12.4. The Morgan fingerprint density at radius 3 is 2.74 bits per heavy atom. The Morgan fingerprint density at radius 1 is 1.19 bits per heavy atom. The predicted octanol–water partition coefficient (Wildman–Crippen LogP) is 4.47. The number of amides is 1. The molecule has 0 radical (unpaired) electrons. The highest BCUT2D eigenvalue weighted by Crippen LogP contribution is 2.47. The molecule has 4 rings (SSSR count). The fraction of sp³-hybridized carbons (Fsp3) is 0.238. The molecule has 1 heterocycles. The molecule has 3 aromatic rings. The summed E-state index contributed by atoms with van der Waals surface area (Å²) >= 11 is 7.50. The Balaban J connectivity index is 1.34. The number of aromatic nitrogens is 2. The first-order valence-electron chi connectivity index (χ1n) is 8.91. The standard InChI is InChI=1S/C21H20ClN3OS/c22-17-7-4-8-18(13-17)25-12-11-23-20(25)27-14-19(26)24-15-21(9-10-21)16-5-2-1-3-6-16/h1-8,11-13H,9-10,14-15H2,(H,24,26). The molecular formula is C21H20ClN3OS. The number of halogens is 1. The molecule has 2 aromatic carbocycles. The minimum absolute atomic E-state index is 0.0304. The summed E-state index contributed by atoms with van der Waals surface area (Å²) in [6.45, 7) is 0.694. The van der Waals surface area contributed by atoms with Gasteiger partial charge in [0.1, 0.15) is 0 Å². The molecule has 0 atom stereocenters. The zero-order valence-corrected chi connectivity index (χ0v) is 16.3. The highest BCUT2D eigenvalue weighted by Gasteiger charge is 2.44. The van der Waals surface area contributed by atoms with Crippen molar-refractivity contribution >= 4 is 29.3 Å². The molecule has 0 bridgehead atoms. The number of nitrogens with one attached hydrogen (secondary N) is 1. The van der Waals surface area contributed by atoms with Crippen LogP contribution < -0.4 is 5.32 Å². The van der Waals surface area contributed by atoms with Gasteiger partial charge >= 0.3 is 0 Å². The number of thioether (sulfide) groups is 1. The Morgan fingerprint density at radius 2 is 2.00 bits per heavy atom. The third-order valence-electron chi connectivity index (χ3n) is 4.89. The SMILES string of the molecule is O=C(CSc1nccn1-c1cccc(Cl)c1)NCC1(c2ccccc2)CC1. The molecule has 0 saturated heterocycles. The minimum atomic E-state index is 0.0304. The Bertz CT molecular complexity index is 937. The molecule has 1 aliphatic carbocycles. The summed E-state index contributed by atoms with van der Waals surface area (Å²) in [5.74, 6) is 0.366. The number of imidazole rings is 1. The van der Waals surface area contributed by atoms with Gasteiger partial charge in [-0.25, -0.2) is 4.98 Å². The van der Waals surface area contributed by atoms with Crippen LogP contribution in [-0.4, -0.2) is 27.8 Å². The van der Waals surface area contributed by atoms with Crippen molar-refractivity contribution in [3.8, 4) is 5.69 Å². The average Bonchev–Trinajstić information content (AvgIpc) is 3.34. The van der Waals surface area contributed by atoms with Crippen molar-refractivity contribution in [3.63, 3.8) is 0 Å². The molecule has 27 heavy (non-hydrogen) atoms. The highest BCUT2D eigenvalue weighted by molar-refractivity contribution is 7.99. The summed E-state index contributed by atoms with van der Waals surface area (Å²) < 4.78 is 1.94. The van der Waals surface area contributed by atoms with Gasteiger partial charge in [0.25, 0.3) is 0 Å². The van der Waals surface area contributed by atoms with Crippen LogP contribution >= 0.6 is 23.4 Å². The van der Waals surface area contributed by atoms with E-state index in [-0.39, 0.29) is 11.3 Å². The zero-order chi connectivity index (χ0) is 18.7. The molecule has 1 saturated carbocycles. The van der Waals surface area contributed by atoms with E-state index in [9.17, 15) is 4.79 Å². The third kappa shape index (κ3) is 4.20. The van der Waals surface area contributed by atoms with E-state index in [2.05, 4.69) is 34.6 Å². The van der Waals surface area contributed by atoms with Gasteiger partial charge in [-0.1, -0.05) is 59.8 Å². The number of rotatable bonds is 7. The quantitative estimate of drug-likeness (QED) is 0.598. The van der Waals surface area contributed by atoms with Crippen molar-refractivity contribution in [2.24, 2.45) is 0 Å². The fourth-order valence-corrected chi connectivity index (χ4v) is 4.17. The number of nitrogens with zero attached hydrogens (tertiary/aromatic N) is 2. The van der Waals surface area contributed by atoms with Crippen molar-refractivity contribution in [3.05, 3.63) is 77.6 Å². The molecule has 1 N–H and O–H groups in total. The molecule has 6 heteroatoms. The maximum absolute atomic E-state index is 12.4. The fourth-order valence-electron chi connectivity index (χ4n) is 3.18. The average molecular weight is 398 g/mol. The van der Waals surface area contributed by atoms with Gasteiger partial charge in [0.2, 0.25) is 5.91 Å². The topological polar surface area (TPSA) is 46.9 Å². The largest absolute Gasteiger partial charge is 0.354 e. The van der Waals surface area contributed by atoms with E-state index in [0.717, 1.165) is 23.7 Å². The summed E-state index contributed by atoms with van der Waals surface area (Å²) in [6.07, 6.45) is 5.86. The van der Waals surface area contributed by atoms with Crippen LogP contribution in [0.25, 0.3) is 5.69 Å². The summed E-state index contributed by atoms with van der Waals surface area (Å²) in [5, 5.41) is 4.54. The Hall–Kier alpha value is -2.24. The number of hydrogen-bond acceptors (Lipinski definition) is 3. The van der Waals surface area contributed by atoms with Crippen LogP contribution in [0.15, 0.2) is 72.1 Å². The summed E-state index contributed by atoms with van der Waals surface area (Å²) in [4.78, 5) is 16.7. The molecule has 1 aromatic heterocycles. The van der Waals surface area contributed by atoms with Crippen LogP contribution in [0, 0.1) is 0 Å². The van der Waals surface area contributed by atoms with E-state index in [4.69, 9.17) is 11.6 Å². The summed E-state index contributed by atoms with van der Waals surface area (Å²) in [6, 6.07) is 18.0. The van der Waals surface area contributed by atoms with Crippen LogP contribution in [0.2, 0.25) is 5.02 Å². The summed E-state index contributed by atoms with van der Waals surface area (Å²) in [7, 11) is 0. The van der Waals surface area contributed by atoms with Gasteiger partial charge in [-0.2, -0.15) is 0 Å². The van der Waals surface area contributed by atoms with Crippen molar-refractivity contribution in [2.75, 3.05) is 12.3 Å². The monoisotopic (exact) mass is 397 g/mol. The molecule has 0 spiro atoms. The number of benzene rings is 2. The van der Waals surface area contributed by atoms with E-state index in [0.29, 0.717) is 17.3 Å². The van der Waals surface area contributed by atoms with Gasteiger partial charge in [0.15, 0.2) is 5.16 Å². The van der Waals surface area contributed by atoms with Gasteiger partial charge < -0.3 is 5.32 Å². The van der Waals surface area contributed by atoms with E-state index >= 15 is 0 Å². The van der Waals surface area contributed by atoms with Gasteiger partial charge in [0, 0.05) is 35.1 Å². The van der Waals surface area contributed by atoms with Crippen LogP contribution in [0.4, 0.5) is 0 Å². The first-order valence-corrected chi connectivity index (χ1v) is 10.3. The van der Waals surface area contributed by atoms with Crippen molar-refractivity contribution < 1.29 is 4.79 Å². The van der Waals surface area contributed by atoms with Gasteiger partial charge in [-0.15, -0.1) is 0 Å². The van der Waals surface area contributed by atoms with Gasteiger partial charge in [-0.3, -0.25) is 9.36 Å². The van der Waals surface area contributed by atoms with Crippen LogP contribution in [0.5, 0.6) is 0 Å². The lowest BCUT2D eigenvalue weighted by Gasteiger charge is -2.16. The van der Waals surface area contributed by atoms with E-state index in [1.807, 2.05) is 41.1 Å². The van der Waals surface area contributed by atoms with Crippen molar-refractivity contribution in [1.29, 1.82) is 0 Å². The molecule has 0 aliphatic heterocycles. The van der Waals surface area contributed by atoms with Gasteiger partial charge in [0.05, 0.1) is 5.75 Å². The minimum Gasteiger partial charge on any atom is -0.354 e. The second-order valence-electron chi connectivity index (χ2n) is 6.77. The second-order valence-corrected chi connectivity index (χ2v) is 8.15. The van der Waals surface area contributed by atoms with E-state index in [1.54, 1.807) is 6.20 Å². The predicted molar refractivity (Wildman–Crippen MR) is 110 cm³/mol. The summed E-state index contributed by atoms with van der Waals surface area (Å²) in [5.41, 5.74) is 2.37. The third-order valence-corrected chi connectivity index (χ3v) is 6.09. The molecule has 1 amide bonds. The molecule has 1 fully saturated rings. The van der Waals surface area contributed by atoms with E-state index in [1.165, 1.54) is 17.3 Å². The van der Waals surface area contributed by atoms with Crippen LogP contribution in [0.3, 0.4) is 0 Å². The number of hydrogen-bond donors (Lipinski definition) is 1. The zero-order valence-electron chi connectivity index (χ0n) is 14.8. The lowest BCUT2D eigenvalue weighted by molar-refractivity contribution is -0.118. The Labute approximate surface area is 168 Å². The lowest BCUT2D eigenvalue weighted by Crippen LogP contribution is -2.33. The molecule has 1 aliphatic rings. The van der Waals surface area contributed by atoms with Crippen LogP contribution in [0.1, 0.15) is 18.4 Å². The van der Waals surface area contributed by atoms with Crippen molar-refractivity contribution in [2.45, 2.75) is 23.4 Å². The molecule has 0 unspecified atom stereocenters. The molecule has 4 nitrogen and oxygen atoms in total. The molecular weight excluding hydrogens is 378 g/mol. The maximum Gasteiger partial charge on any atom is 0.230 e.